The molecule has 4 atom stereocenters. The minimum atomic E-state index is -0.562. The number of hydrogen-bond acceptors (Lipinski definition) is 2. The number of carboxylic acids is 1. The zero-order chi connectivity index (χ0) is 11.8. The number of piperidine rings is 1. The lowest BCUT2D eigenvalue weighted by Crippen LogP contribution is -2.50. The standard InChI is InChI=1S/C14H23NO2/c16-14(17)11-6-2-8-13(11)15-9-3-5-10-4-1-7-12(10)15/h10-13H,1-9H2,(H,16,17). The van der Waals surface area contributed by atoms with E-state index in [1.54, 1.807) is 0 Å². The molecule has 0 radical (unpaired) electrons. The Kier molecular flexibility index (Phi) is 3.12. The van der Waals surface area contributed by atoms with Crippen molar-refractivity contribution in [1.82, 2.24) is 4.90 Å². The molecule has 1 heterocycles. The summed E-state index contributed by atoms with van der Waals surface area (Å²) < 4.78 is 0. The van der Waals surface area contributed by atoms with Gasteiger partial charge in [0, 0.05) is 12.1 Å². The molecule has 96 valence electrons. The Morgan fingerprint density at radius 1 is 0.941 bits per heavy atom. The first-order chi connectivity index (χ1) is 8.27. The number of likely N-dealkylation sites (tertiary alicyclic amines) is 1. The largest absolute Gasteiger partial charge is 0.481 e. The van der Waals surface area contributed by atoms with Crippen LogP contribution in [0.5, 0.6) is 0 Å². The van der Waals surface area contributed by atoms with Crippen LogP contribution in [0.1, 0.15) is 51.4 Å². The molecule has 1 saturated heterocycles. The van der Waals surface area contributed by atoms with Gasteiger partial charge in [0.25, 0.3) is 0 Å². The molecule has 3 fully saturated rings. The third-order valence-corrected chi connectivity index (χ3v) is 5.26. The lowest BCUT2D eigenvalue weighted by atomic mass is 9.88. The van der Waals surface area contributed by atoms with E-state index in [4.69, 9.17) is 0 Å². The van der Waals surface area contributed by atoms with Crippen LogP contribution in [0.4, 0.5) is 0 Å². The van der Waals surface area contributed by atoms with Gasteiger partial charge in [0.2, 0.25) is 0 Å². The van der Waals surface area contributed by atoms with Crippen LogP contribution in [-0.2, 0) is 4.79 Å². The molecule has 0 spiro atoms. The van der Waals surface area contributed by atoms with Gasteiger partial charge < -0.3 is 5.11 Å². The molecule has 2 aliphatic carbocycles. The summed E-state index contributed by atoms with van der Waals surface area (Å²) in [5.41, 5.74) is 0. The van der Waals surface area contributed by atoms with E-state index in [0.29, 0.717) is 12.1 Å². The Labute approximate surface area is 103 Å². The molecular formula is C14H23NO2. The minimum absolute atomic E-state index is 0.0886. The Morgan fingerprint density at radius 2 is 1.65 bits per heavy atom. The lowest BCUT2D eigenvalue weighted by molar-refractivity contribution is -0.144. The second-order valence-corrected chi connectivity index (χ2v) is 6.08. The van der Waals surface area contributed by atoms with Gasteiger partial charge in [-0.2, -0.15) is 0 Å². The number of fused-ring (bicyclic) bond motifs is 1. The van der Waals surface area contributed by atoms with Crippen LogP contribution in [0, 0.1) is 11.8 Å². The second-order valence-electron chi connectivity index (χ2n) is 6.08. The molecule has 1 N–H and O–H groups in total. The maximum atomic E-state index is 11.3. The normalized spacial score (nSPS) is 42.6. The quantitative estimate of drug-likeness (QED) is 0.802. The van der Waals surface area contributed by atoms with Gasteiger partial charge in [-0.25, -0.2) is 0 Å². The molecule has 0 aromatic heterocycles. The molecule has 3 heteroatoms. The third kappa shape index (κ3) is 1.99. The first kappa shape index (κ1) is 11.5. The summed E-state index contributed by atoms with van der Waals surface area (Å²) in [6.07, 6.45) is 9.83. The monoisotopic (exact) mass is 237 g/mol. The van der Waals surface area contributed by atoms with Crippen LogP contribution < -0.4 is 0 Å². The fourth-order valence-corrected chi connectivity index (χ4v) is 4.53. The highest BCUT2D eigenvalue weighted by atomic mass is 16.4. The fourth-order valence-electron chi connectivity index (χ4n) is 4.53. The van der Waals surface area contributed by atoms with Gasteiger partial charge in [-0.05, 0) is 51.0 Å². The molecule has 4 unspecified atom stereocenters. The van der Waals surface area contributed by atoms with Crippen molar-refractivity contribution >= 4 is 5.97 Å². The van der Waals surface area contributed by atoms with E-state index in [2.05, 4.69) is 4.90 Å². The van der Waals surface area contributed by atoms with Gasteiger partial charge in [0.05, 0.1) is 5.92 Å². The van der Waals surface area contributed by atoms with Crippen molar-refractivity contribution < 1.29 is 9.90 Å². The number of carboxylic acid groups (broad SMARTS) is 1. The van der Waals surface area contributed by atoms with E-state index in [-0.39, 0.29) is 5.92 Å². The average Bonchev–Trinajstić information content (AvgIpc) is 2.97. The SMILES string of the molecule is O=C(O)C1CCCC1N1CCCC2CCCC21. The molecule has 0 bridgehead atoms. The van der Waals surface area contributed by atoms with Gasteiger partial charge in [0.1, 0.15) is 0 Å². The highest BCUT2D eigenvalue weighted by Gasteiger charge is 2.43. The van der Waals surface area contributed by atoms with Crippen LogP contribution in [0.25, 0.3) is 0 Å². The summed E-state index contributed by atoms with van der Waals surface area (Å²) in [6.45, 7) is 1.15. The summed E-state index contributed by atoms with van der Waals surface area (Å²) in [4.78, 5) is 13.9. The van der Waals surface area contributed by atoms with E-state index in [1.807, 2.05) is 0 Å². The first-order valence-electron chi connectivity index (χ1n) is 7.26. The smallest absolute Gasteiger partial charge is 0.308 e. The van der Waals surface area contributed by atoms with Gasteiger partial charge in [-0.15, -0.1) is 0 Å². The van der Waals surface area contributed by atoms with Gasteiger partial charge in [-0.3, -0.25) is 9.69 Å². The second kappa shape index (κ2) is 4.60. The minimum Gasteiger partial charge on any atom is -0.481 e. The highest BCUT2D eigenvalue weighted by molar-refractivity contribution is 5.71. The first-order valence-corrected chi connectivity index (χ1v) is 7.26. The van der Waals surface area contributed by atoms with Gasteiger partial charge >= 0.3 is 5.97 Å². The Hall–Kier alpha value is -0.570. The van der Waals surface area contributed by atoms with Crippen LogP contribution in [0.15, 0.2) is 0 Å². The topological polar surface area (TPSA) is 40.5 Å². The van der Waals surface area contributed by atoms with E-state index in [0.717, 1.165) is 31.7 Å². The Morgan fingerprint density at radius 3 is 2.47 bits per heavy atom. The Bertz CT molecular complexity index is 305. The van der Waals surface area contributed by atoms with Crippen LogP contribution in [0.3, 0.4) is 0 Å². The van der Waals surface area contributed by atoms with E-state index < -0.39 is 5.97 Å². The van der Waals surface area contributed by atoms with Crippen LogP contribution >= 0.6 is 0 Å². The molecule has 0 amide bonds. The predicted molar refractivity (Wildman–Crippen MR) is 65.8 cm³/mol. The van der Waals surface area contributed by atoms with Crippen molar-refractivity contribution in [3.8, 4) is 0 Å². The summed E-state index contributed by atoms with van der Waals surface area (Å²) in [5.74, 6) is 0.223. The summed E-state index contributed by atoms with van der Waals surface area (Å²) in [5, 5.41) is 9.33. The lowest BCUT2D eigenvalue weighted by Gasteiger charge is -2.43. The number of nitrogens with zero attached hydrogens (tertiary/aromatic N) is 1. The summed E-state index contributed by atoms with van der Waals surface area (Å²) >= 11 is 0. The molecule has 3 nitrogen and oxygen atoms in total. The molecule has 3 aliphatic rings. The zero-order valence-electron chi connectivity index (χ0n) is 10.5. The van der Waals surface area contributed by atoms with Gasteiger partial charge in [0.15, 0.2) is 0 Å². The third-order valence-electron chi connectivity index (χ3n) is 5.26. The Balaban J connectivity index is 1.75. The molecule has 17 heavy (non-hydrogen) atoms. The number of rotatable bonds is 2. The van der Waals surface area contributed by atoms with Crippen molar-refractivity contribution in [1.29, 1.82) is 0 Å². The number of carbonyl (C=O) groups is 1. The van der Waals surface area contributed by atoms with Crippen molar-refractivity contribution in [3.63, 3.8) is 0 Å². The van der Waals surface area contributed by atoms with Crippen molar-refractivity contribution in [3.05, 3.63) is 0 Å². The van der Waals surface area contributed by atoms with E-state index in [1.165, 1.54) is 32.1 Å². The summed E-state index contributed by atoms with van der Waals surface area (Å²) in [6, 6.07) is 1.06. The number of hydrogen-bond donors (Lipinski definition) is 1. The van der Waals surface area contributed by atoms with Gasteiger partial charge in [-0.1, -0.05) is 12.8 Å². The predicted octanol–water partition coefficient (Wildman–Crippen LogP) is 2.50. The maximum absolute atomic E-state index is 11.3. The maximum Gasteiger partial charge on any atom is 0.308 e. The van der Waals surface area contributed by atoms with E-state index in [9.17, 15) is 9.90 Å². The molecule has 3 rings (SSSR count). The molecular weight excluding hydrogens is 214 g/mol. The molecule has 2 saturated carbocycles. The summed E-state index contributed by atoms with van der Waals surface area (Å²) in [7, 11) is 0. The molecule has 0 aromatic rings. The van der Waals surface area contributed by atoms with Crippen molar-refractivity contribution in [2.75, 3.05) is 6.54 Å². The van der Waals surface area contributed by atoms with Crippen LogP contribution in [0.2, 0.25) is 0 Å². The van der Waals surface area contributed by atoms with Crippen molar-refractivity contribution in [2.45, 2.75) is 63.5 Å². The zero-order valence-corrected chi connectivity index (χ0v) is 10.5. The highest BCUT2D eigenvalue weighted by Crippen LogP contribution is 2.41. The molecule has 0 aromatic carbocycles. The van der Waals surface area contributed by atoms with E-state index >= 15 is 0 Å². The fraction of sp³-hybridized carbons (Fsp3) is 0.929. The average molecular weight is 237 g/mol. The number of aliphatic carboxylic acids is 1. The molecule has 1 aliphatic heterocycles. The van der Waals surface area contributed by atoms with Crippen LogP contribution in [-0.4, -0.2) is 34.6 Å². The van der Waals surface area contributed by atoms with Crippen molar-refractivity contribution in [2.24, 2.45) is 11.8 Å².